The molecule has 0 bridgehead atoms. The number of hydrogen-bond acceptors (Lipinski definition) is 5. The second kappa shape index (κ2) is 8.37. The maximum Gasteiger partial charge on any atom is 0.338 e. The van der Waals surface area contributed by atoms with Crippen LogP contribution in [0, 0.1) is 11.3 Å². The van der Waals surface area contributed by atoms with Gasteiger partial charge in [0, 0.05) is 0 Å². The molecule has 0 unspecified atom stereocenters. The highest BCUT2D eigenvalue weighted by Crippen LogP contribution is 2.36. The fourth-order valence-electron chi connectivity index (χ4n) is 2.05. The van der Waals surface area contributed by atoms with Gasteiger partial charge in [-0.05, 0) is 52.7 Å². The molecule has 0 heterocycles. The second-order valence-electron chi connectivity index (χ2n) is 4.81. The van der Waals surface area contributed by atoms with Crippen LogP contribution in [-0.2, 0) is 11.3 Å². The first-order chi connectivity index (χ1) is 11.6. The number of carbonyl (C=O) groups is 1. The topological polar surface area (TPSA) is 68.5 Å². The van der Waals surface area contributed by atoms with Gasteiger partial charge >= 0.3 is 5.97 Å². The average molecular weight is 390 g/mol. The van der Waals surface area contributed by atoms with Gasteiger partial charge in [0.2, 0.25) is 0 Å². The summed E-state index contributed by atoms with van der Waals surface area (Å²) in [6, 6.07) is 12.1. The smallest absolute Gasteiger partial charge is 0.338 e. The number of benzene rings is 2. The molecule has 124 valence electrons. The highest BCUT2D eigenvalue weighted by atomic mass is 79.9. The van der Waals surface area contributed by atoms with E-state index in [1.807, 2.05) is 13.0 Å². The van der Waals surface area contributed by atoms with E-state index in [0.29, 0.717) is 33.7 Å². The number of ether oxygens (including phenoxy) is 3. The van der Waals surface area contributed by atoms with Crippen molar-refractivity contribution in [2.75, 3.05) is 13.7 Å². The lowest BCUT2D eigenvalue weighted by molar-refractivity contribution is 0.0472. The molecule has 0 saturated heterocycles. The van der Waals surface area contributed by atoms with Crippen molar-refractivity contribution in [3.8, 4) is 17.6 Å². The summed E-state index contributed by atoms with van der Waals surface area (Å²) < 4.78 is 16.7. The van der Waals surface area contributed by atoms with Crippen molar-refractivity contribution in [3.63, 3.8) is 0 Å². The Bertz CT molecular complexity index is 766. The van der Waals surface area contributed by atoms with Crippen LogP contribution < -0.4 is 9.47 Å². The second-order valence-corrected chi connectivity index (χ2v) is 5.66. The maximum absolute atomic E-state index is 12.3. The van der Waals surface area contributed by atoms with Crippen molar-refractivity contribution in [2.45, 2.75) is 13.5 Å². The van der Waals surface area contributed by atoms with E-state index < -0.39 is 5.97 Å². The molecule has 0 aliphatic heterocycles. The summed E-state index contributed by atoms with van der Waals surface area (Å²) in [5.41, 5.74) is 1.73. The Morgan fingerprint density at radius 1 is 1.25 bits per heavy atom. The van der Waals surface area contributed by atoms with Crippen LogP contribution in [0.1, 0.15) is 28.4 Å². The van der Waals surface area contributed by atoms with Crippen LogP contribution in [0.3, 0.4) is 0 Å². The molecule has 0 radical (unpaired) electrons. The molecule has 0 aliphatic carbocycles. The molecule has 24 heavy (non-hydrogen) atoms. The van der Waals surface area contributed by atoms with E-state index in [-0.39, 0.29) is 6.61 Å². The normalized spacial score (nSPS) is 9.92. The van der Waals surface area contributed by atoms with Crippen molar-refractivity contribution in [2.24, 2.45) is 0 Å². The average Bonchev–Trinajstić information content (AvgIpc) is 2.60. The summed E-state index contributed by atoms with van der Waals surface area (Å²) in [4.78, 5) is 12.3. The van der Waals surface area contributed by atoms with Gasteiger partial charge in [0.15, 0.2) is 11.5 Å². The highest BCUT2D eigenvalue weighted by molar-refractivity contribution is 9.10. The molecule has 6 heteroatoms. The molecule has 0 spiro atoms. The van der Waals surface area contributed by atoms with Gasteiger partial charge in [-0.25, -0.2) is 4.79 Å². The van der Waals surface area contributed by atoms with Gasteiger partial charge in [-0.1, -0.05) is 12.1 Å². The fourth-order valence-corrected chi connectivity index (χ4v) is 2.66. The van der Waals surface area contributed by atoms with Crippen LogP contribution in [0.25, 0.3) is 0 Å². The summed E-state index contributed by atoms with van der Waals surface area (Å²) in [6.07, 6.45) is 0. The van der Waals surface area contributed by atoms with E-state index in [9.17, 15) is 4.79 Å². The van der Waals surface area contributed by atoms with E-state index >= 15 is 0 Å². The Morgan fingerprint density at radius 3 is 2.54 bits per heavy atom. The predicted molar refractivity (Wildman–Crippen MR) is 92.1 cm³/mol. The van der Waals surface area contributed by atoms with Gasteiger partial charge in [-0.15, -0.1) is 0 Å². The molecule has 0 N–H and O–H groups in total. The summed E-state index contributed by atoms with van der Waals surface area (Å²) in [5, 5.41) is 8.77. The summed E-state index contributed by atoms with van der Waals surface area (Å²) in [5.74, 6) is 0.531. The monoisotopic (exact) mass is 389 g/mol. The van der Waals surface area contributed by atoms with E-state index in [0.717, 1.165) is 5.56 Å². The minimum Gasteiger partial charge on any atom is -0.492 e. The SMILES string of the molecule is CCOc1cc(C(=O)OCc2ccc(C#N)cc2)cc(Br)c1OC. The molecule has 0 saturated carbocycles. The van der Waals surface area contributed by atoms with Crippen molar-refractivity contribution in [3.05, 3.63) is 57.6 Å². The Kier molecular flexibility index (Phi) is 6.21. The number of carbonyl (C=O) groups excluding carboxylic acids is 1. The van der Waals surface area contributed by atoms with Crippen LogP contribution in [-0.4, -0.2) is 19.7 Å². The molecule has 5 nitrogen and oxygen atoms in total. The van der Waals surface area contributed by atoms with Crippen LogP contribution in [0.15, 0.2) is 40.9 Å². The van der Waals surface area contributed by atoms with Crippen LogP contribution in [0.4, 0.5) is 0 Å². The Balaban J connectivity index is 2.12. The number of nitrogens with zero attached hydrogens (tertiary/aromatic N) is 1. The third-order valence-corrected chi connectivity index (χ3v) is 3.79. The Labute approximate surface area is 148 Å². The number of nitriles is 1. The zero-order valence-corrected chi connectivity index (χ0v) is 14.9. The van der Waals surface area contributed by atoms with Crippen molar-refractivity contribution < 1.29 is 19.0 Å². The highest BCUT2D eigenvalue weighted by Gasteiger charge is 2.16. The van der Waals surface area contributed by atoms with Crippen molar-refractivity contribution in [1.82, 2.24) is 0 Å². The number of rotatable bonds is 6. The molecule has 0 amide bonds. The zero-order valence-electron chi connectivity index (χ0n) is 13.3. The van der Waals surface area contributed by atoms with Gasteiger partial charge in [-0.3, -0.25) is 0 Å². The standard InChI is InChI=1S/C18H16BrNO4/c1-3-23-16-9-14(8-15(19)17(16)22-2)18(21)24-11-13-6-4-12(10-20)5-7-13/h4-9H,3,11H2,1-2H3. The predicted octanol–water partition coefficient (Wildman–Crippen LogP) is 4.09. The molecule has 2 rings (SSSR count). The number of hydrogen-bond donors (Lipinski definition) is 0. The molecule has 2 aromatic carbocycles. The van der Waals surface area contributed by atoms with Crippen LogP contribution in [0.2, 0.25) is 0 Å². The lowest BCUT2D eigenvalue weighted by Crippen LogP contribution is -2.07. The third-order valence-electron chi connectivity index (χ3n) is 3.20. The van der Waals surface area contributed by atoms with Gasteiger partial charge in [-0.2, -0.15) is 5.26 Å². The van der Waals surface area contributed by atoms with E-state index in [2.05, 4.69) is 15.9 Å². The lowest BCUT2D eigenvalue weighted by Gasteiger charge is -2.13. The summed E-state index contributed by atoms with van der Waals surface area (Å²) >= 11 is 3.36. The number of esters is 1. The molecule has 2 aromatic rings. The van der Waals surface area contributed by atoms with Crippen LogP contribution >= 0.6 is 15.9 Å². The van der Waals surface area contributed by atoms with Crippen molar-refractivity contribution >= 4 is 21.9 Å². The Hall–Kier alpha value is -2.52. The zero-order chi connectivity index (χ0) is 17.5. The molecule has 0 fully saturated rings. The first kappa shape index (κ1) is 17.8. The number of methoxy groups -OCH3 is 1. The largest absolute Gasteiger partial charge is 0.492 e. The first-order valence-electron chi connectivity index (χ1n) is 7.25. The molecular formula is C18H16BrNO4. The summed E-state index contributed by atoms with van der Waals surface area (Å²) in [6.45, 7) is 2.42. The van der Waals surface area contributed by atoms with Crippen LogP contribution in [0.5, 0.6) is 11.5 Å². The first-order valence-corrected chi connectivity index (χ1v) is 8.04. The molecular weight excluding hydrogens is 374 g/mol. The lowest BCUT2D eigenvalue weighted by atomic mass is 10.1. The van der Waals surface area contributed by atoms with E-state index in [1.54, 1.807) is 36.4 Å². The van der Waals surface area contributed by atoms with Gasteiger partial charge in [0.1, 0.15) is 6.61 Å². The minimum atomic E-state index is -0.469. The van der Waals surface area contributed by atoms with Gasteiger partial charge in [0.05, 0.1) is 35.4 Å². The van der Waals surface area contributed by atoms with Crippen molar-refractivity contribution in [1.29, 1.82) is 5.26 Å². The number of halogens is 1. The Morgan fingerprint density at radius 2 is 1.96 bits per heavy atom. The fraction of sp³-hybridized carbons (Fsp3) is 0.222. The maximum atomic E-state index is 12.3. The molecule has 0 aliphatic rings. The van der Waals surface area contributed by atoms with Gasteiger partial charge < -0.3 is 14.2 Å². The van der Waals surface area contributed by atoms with E-state index in [4.69, 9.17) is 19.5 Å². The third kappa shape index (κ3) is 4.27. The summed E-state index contributed by atoms with van der Waals surface area (Å²) in [7, 11) is 1.53. The minimum absolute atomic E-state index is 0.123. The molecule has 0 aromatic heterocycles. The van der Waals surface area contributed by atoms with E-state index in [1.165, 1.54) is 7.11 Å². The quantitative estimate of drug-likeness (QED) is 0.696. The van der Waals surface area contributed by atoms with Gasteiger partial charge in [0.25, 0.3) is 0 Å². The molecule has 0 atom stereocenters.